The molecule has 1 aromatic heterocycles. The summed E-state index contributed by atoms with van der Waals surface area (Å²) < 4.78 is 1.70. The highest BCUT2D eigenvalue weighted by atomic mass is 16.1. The van der Waals surface area contributed by atoms with E-state index in [0.717, 1.165) is 11.3 Å². The lowest BCUT2D eigenvalue weighted by Gasteiger charge is -2.16. The molecule has 0 aliphatic rings. The van der Waals surface area contributed by atoms with E-state index in [1.165, 1.54) is 6.33 Å². The molecule has 2 aromatic carbocycles. The maximum absolute atomic E-state index is 12.6. The number of anilines is 1. The third-order valence-electron chi connectivity index (χ3n) is 3.80. The smallest absolute Gasteiger partial charge is 0.253 e. The van der Waals surface area contributed by atoms with Crippen LogP contribution in [0.25, 0.3) is 0 Å². The highest BCUT2D eigenvalue weighted by Crippen LogP contribution is 2.16. The molecule has 128 valence electrons. The van der Waals surface area contributed by atoms with Gasteiger partial charge in [0.1, 0.15) is 12.7 Å². The molecular formula is C19H21N5O. The van der Waals surface area contributed by atoms with Gasteiger partial charge < -0.3 is 10.6 Å². The van der Waals surface area contributed by atoms with Gasteiger partial charge in [0.25, 0.3) is 5.91 Å². The Bertz CT molecular complexity index is 802. The molecule has 0 fully saturated rings. The van der Waals surface area contributed by atoms with Gasteiger partial charge in [0.15, 0.2) is 0 Å². The molecule has 2 N–H and O–H groups in total. The predicted octanol–water partition coefficient (Wildman–Crippen LogP) is 2.71. The van der Waals surface area contributed by atoms with Crippen LogP contribution >= 0.6 is 0 Å². The van der Waals surface area contributed by atoms with Crippen molar-refractivity contribution in [2.45, 2.75) is 26.1 Å². The van der Waals surface area contributed by atoms with Crippen molar-refractivity contribution in [3.63, 3.8) is 0 Å². The predicted molar refractivity (Wildman–Crippen MR) is 97.2 cm³/mol. The largest absolute Gasteiger partial charge is 0.380 e. The summed E-state index contributed by atoms with van der Waals surface area (Å²) in [5.74, 6) is -0.108. The molecule has 3 rings (SSSR count). The van der Waals surface area contributed by atoms with Crippen LogP contribution in [-0.4, -0.2) is 26.7 Å². The molecule has 25 heavy (non-hydrogen) atoms. The molecule has 3 aromatic rings. The monoisotopic (exact) mass is 335 g/mol. The van der Waals surface area contributed by atoms with E-state index in [0.29, 0.717) is 18.7 Å². The number of hydrogen-bond acceptors (Lipinski definition) is 4. The van der Waals surface area contributed by atoms with E-state index in [2.05, 4.69) is 32.8 Å². The van der Waals surface area contributed by atoms with Gasteiger partial charge in [-0.3, -0.25) is 9.48 Å². The summed E-state index contributed by atoms with van der Waals surface area (Å²) in [5.41, 5.74) is 2.61. The quantitative estimate of drug-likeness (QED) is 0.696. The van der Waals surface area contributed by atoms with E-state index in [1.54, 1.807) is 11.0 Å². The number of carbonyl (C=O) groups is 1. The molecular weight excluding hydrogens is 314 g/mol. The molecule has 0 saturated carbocycles. The molecule has 1 amide bonds. The number of rotatable bonds is 7. The zero-order valence-corrected chi connectivity index (χ0v) is 14.1. The van der Waals surface area contributed by atoms with Crippen LogP contribution in [0.5, 0.6) is 0 Å². The number of para-hydroxylation sites is 1. The van der Waals surface area contributed by atoms with E-state index in [9.17, 15) is 4.79 Å². The van der Waals surface area contributed by atoms with E-state index in [4.69, 9.17) is 0 Å². The lowest BCUT2D eigenvalue weighted by Crippen LogP contribution is -2.36. The number of hydrogen-bond donors (Lipinski definition) is 2. The SMILES string of the molecule is CC(Cn1cncn1)NC(=O)c1ccccc1NCc1ccccc1. The summed E-state index contributed by atoms with van der Waals surface area (Å²) in [5, 5.41) is 10.4. The van der Waals surface area contributed by atoms with E-state index in [1.807, 2.05) is 49.4 Å². The number of nitrogens with zero attached hydrogens (tertiary/aromatic N) is 3. The van der Waals surface area contributed by atoms with Crippen LogP contribution in [0.4, 0.5) is 5.69 Å². The first-order valence-electron chi connectivity index (χ1n) is 8.22. The molecule has 6 nitrogen and oxygen atoms in total. The van der Waals surface area contributed by atoms with Crippen LogP contribution in [0.3, 0.4) is 0 Å². The topological polar surface area (TPSA) is 71.8 Å². The fraction of sp³-hybridized carbons (Fsp3) is 0.211. The van der Waals surface area contributed by atoms with Crippen molar-refractivity contribution in [3.8, 4) is 0 Å². The molecule has 0 bridgehead atoms. The van der Waals surface area contributed by atoms with Crippen LogP contribution in [0.1, 0.15) is 22.8 Å². The minimum atomic E-state index is -0.108. The molecule has 0 aliphatic heterocycles. The first-order valence-corrected chi connectivity index (χ1v) is 8.22. The third kappa shape index (κ3) is 4.67. The van der Waals surface area contributed by atoms with Gasteiger partial charge in [0.2, 0.25) is 0 Å². The Morgan fingerprint density at radius 1 is 1.12 bits per heavy atom. The second-order valence-corrected chi connectivity index (χ2v) is 5.88. The lowest BCUT2D eigenvalue weighted by molar-refractivity contribution is 0.0937. The van der Waals surface area contributed by atoms with Gasteiger partial charge in [-0.25, -0.2) is 4.98 Å². The average molecular weight is 335 g/mol. The van der Waals surface area contributed by atoms with Crippen molar-refractivity contribution in [2.75, 3.05) is 5.32 Å². The van der Waals surface area contributed by atoms with Crippen LogP contribution in [0.15, 0.2) is 67.3 Å². The minimum Gasteiger partial charge on any atom is -0.380 e. The fourth-order valence-corrected chi connectivity index (χ4v) is 2.58. The first-order chi connectivity index (χ1) is 12.2. The Kier molecular flexibility index (Phi) is 5.41. The van der Waals surface area contributed by atoms with Gasteiger partial charge in [0, 0.05) is 18.3 Å². The summed E-state index contributed by atoms with van der Waals surface area (Å²) in [6, 6.07) is 17.6. The standard InChI is InChI=1S/C19H21N5O/c1-15(12-24-14-20-13-22-24)23-19(25)17-9-5-6-10-18(17)21-11-16-7-3-2-4-8-16/h2-10,13-15,21H,11-12H2,1H3,(H,23,25). The van der Waals surface area contributed by atoms with Crippen LogP contribution in [0.2, 0.25) is 0 Å². The number of aromatic nitrogens is 3. The number of benzene rings is 2. The van der Waals surface area contributed by atoms with Crippen LogP contribution < -0.4 is 10.6 Å². The Morgan fingerprint density at radius 2 is 1.88 bits per heavy atom. The van der Waals surface area contributed by atoms with Gasteiger partial charge in [0.05, 0.1) is 12.1 Å². The second kappa shape index (κ2) is 8.10. The Morgan fingerprint density at radius 3 is 2.64 bits per heavy atom. The van der Waals surface area contributed by atoms with Crippen molar-refractivity contribution in [1.29, 1.82) is 0 Å². The first kappa shape index (κ1) is 16.7. The van der Waals surface area contributed by atoms with Crippen LogP contribution in [-0.2, 0) is 13.1 Å². The number of nitrogens with one attached hydrogen (secondary N) is 2. The summed E-state index contributed by atoms with van der Waals surface area (Å²) in [6.07, 6.45) is 3.12. The second-order valence-electron chi connectivity index (χ2n) is 5.88. The summed E-state index contributed by atoms with van der Waals surface area (Å²) >= 11 is 0. The van der Waals surface area contributed by atoms with Gasteiger partial charge >= 0.3 is 0 Å². The normalized spacial score (nSPS) is 11.7. The van der Waals surface area contributed by atoms with Gasteiger partial charge in [-0.1, -0.05) is 42.5 Å². The van der Waals surface area contributed by atoms with Crippen molar-refractivity contribution in [2.24, 2.45) is 0 Å². The minimum absolute atomic E-state index is 0.0589. The molecule has 0 spiro atoms. The lowest BCUT2D eigenvalue weighted by atomic mass is 10.1. The summed E-state index contributed by atoms with van der Waals surface area (Å²) in [4.78, 5) is 16.5. The summed E-state index contributed by atoms with van der Waals surface area (Å²) in [7, 11) is 0. The van der Waals surface area contributed by atoms with Gasteiger partial charge in [-0.15, -0.1) is 0 Å². The summed E-state index contributed by atoms with van der Waals surface area (Å²) in [6.45, 7) is 3.19. The molecule has 0 aliphatic carbocycles. The molecule has 1 heterocycles. The molecule has 1 unspecified atom stereocenters. The Balaban J connectivity index is 1.64. The number of carbonyl (C=O) groups excluding carboxylic acids is 1. The van der Waals surface area contributed by atoms with Crippen molar-refractivity contribution >= 4 is 11.6 Å². The van der Waals surface area contributed by atoms with Crippen molar-refractivity contribution < 1.29 is 4.79 Å². The average Bonchev–Trinajstić information content (AvgIpc) is 3.14. The zero-order chi connectivity index (χ0) is 17.5. The highest BCUT2D eigenvalue weighted by molar-refractivity contribution is 5.99. The molecule has 6 heteroatoms. The van der Waals surface area contributed by atoms with Gasteiger partial charge in [-0.2, -0.15) is 5.10 Å². The number of amides is 1. The van der Waals surface area contributed by atoms with E-state index in [-0.39, 0.29) is 11.9 Å². The fourth-order valence-electron chi connectivity index (χ4n) is 2.58. The van der Waals surface area contributed by atoms with Crippen LogP contribution in [0, 0.1) is 0 Å². The zero-order valence-electron chi connectivity index (χ0n) is 14.1. The highest BCUT2D eigenvalue weighted by Gasteiger charge is 2.14. The van der Waals surface area contributed by atoms with E-state index < -0.39 is 0 Å². The molecule has 0 radical (unpaired) electrons. The molecule has 0 saturated heterocycles. The maximum atomic E-state index is 12.6. The van der Waals surface area contributed by atoms with Gasteiger partial charge in [-0.05, 0) is 24.6 Å². The van der Waals surface area contributed by atoms with Crippen molar-refractivity contribution in [3.05, 3.63) is 78.4 Å². The van der Waals surface area contributed by atoms with Crippen molar-refractivity contribution in [1.82, 2.24) is 20.1 Å². The maximum Gasteiger partial charge on any atom is 0.253 e. The molecule has 1 atom stereocenters. The Labute approximate surface area is 146 Å². The van der Waals surface area contributed by atoms with E-state index >= 15 is 0 Å². The third-order valence-corrected chi connectivity index (χ3v) is 3.80. The Hall–Kier alpha value is -3.15.